The number of nitrogens with zero attached hydrogens (tertiary/aromatic N) is 3. The molecule has 1 saturated heterocycles. The monoisotopic (exact) mass is 285 g/mol. The summed E-state index contributed by atoms with van der Waals surface area (Å²) < 4.78 is 0. The molecule has 2 rings (SSSR count). The maximum atomic E-state index is 12.4. The first-order valence-electron chi connectivity index (χ1n) is 6.01. The number of carbonyl (C=O) groups is 1. The molecule has 6 heteroatoms. The molecule has 1 atom stereocenters. The van der Waals surface area contributed by atoms with Crippen LogP contribution in [-0.2, 0) is 0 Å². The predicted molar refractivity (Wildman–Crippen MR) is 73.2 cm³/mol. The van der Waals surface area contributed by atoms with Crippen molar-refractivity contribution in [2.24, 2.45) is 0 Å². The lowest BCUT2D eigenvalue weighted by Gasteiger charge is -2.33. The lowest BCUT2D eigenvalue weighted by atomic mass is 10.0. The normalized spacial score (nSPS) is 19.9. The van der Waals surface area contributed by atoms with Crippen molar-refractivity contribution in [1.82, 2.24) is 14.9 Å². The van der Waals surface area contributed by atoms with Crippen LogP contribution in [0.3, 0.4) is 0 Å². The number of likely N-dealkylation sites (tertiary alicyclic amines) is 1. The van der Waals surface area contributed by atoms with E-state index in [9.17, 15) is 4.79 Å². The minimum absolute atomic E-state index is 0.0788. The van der Waals surface area contributed by atoms with Crippen LogP contribution >= 0.6 is 23.4 Å². The van der Waals surface area contributed by atoms with E-state index in [0.717, 1.165) is 19.4 Å². The van der Waals surface area contributed by atoms with Gasteiger partial charge in [0.25, 0.3) is 5.91 Å². The highest BCUT2D eigenvalue weighted by Gasteiger charge is 2.27. The summed E-state index contributed by atoms with van der Waals surface area (Å²) >= 11 is 7.44. The number of halogens is 1. The molecule has 0 radical (unpaired) electrons. The largest absolute Gasteiger partial charge is 0.335 e. The number of thioether (sulfide) groups is 1. The van der Waals surface area contributed by atoms with E-state index in [1.54, 1.807) is 0 Å². The highest BCUT2D eigenvalue weighted by molar-refractivity contribution is 7.98. The molecular formula is C12H16ClN3OS. The Balaban J connectivity index is 2.27. The van der Waals surface area contributed by atoms with E-state index < -0.39 is 0 Å². The van der Waals surface area contributed by atoms with Crippen LogP contribution in [0.15, 0.2) is 11.4 Å². The van der Waals surface area contributed by atoms with Gasteiger partial charge >= 0.3 is 0 Å². The van der Waals surface area contributed by atoms with Crippen molar-refractivity contribution in [3.63, 3.8) is 0 Å². The molecule has 1 amide bonds. The van der Waals surface area contributed by atoms with Crippen LogP contribution in [0.4, 0.5) is 0 Å². The first-order chi connectivity index (χ1) is 8.63. The summed E-state index contributed by atoms with van der Waals surface area (Å²) in [6.07, 6.45) is 6.65. The minimum Gasteiger partial charge on any atom is -0.335 e. The van der Waals surface area contributed by atoms with Crippen molar-refractivity contribution in [1.29, 1.82) is 0 Å². The van der Waals surface area contributed by atoms with Crippen LogP contribution in [0.1, 0.15) is 36.7 Å². The van der Waals surface area contributed by atoms with E-state index in [2.05, 4.69) is 16.9 Å². The summed E-state index contributed by atoms with van der Waals surface area (Å²) in [6.45, 7) is 2.86. The summed E-state index contributed by atoms with van der Waals surface area (Å²) in [5.41, 5.74) is 0.324. The lowest BCUT2D eigenvalue weighted by molar-refractivity contribution is 0.0628. The number of amides is 1. The van der Waals surface area contributed by atoms with Gasteiger partial charge < -0.3 is 4.90 Å². The van der Waals surface area contributed by atoms with E-state index >= 15 is 0 Å². The molecule has 1 fully saturated rings. The van der Waals surface area contributed by atoms with Gasteiger partial charge in [-0.3, -0.25) is 4.79 Å². The zero-order valence-electron chi connectivity index (χ0n) is 10.5. The third kappa shape index (κ3) is 2.78. The third-order valence-corrected chi connectivity index (χ3v) is 4.01. The second kappa shape index (κ2) is 5.89. The van der Waals surface area contributed by atoms with E-state index in [1.807, 2.05) is 11.2 Å². The molecule has 1 unspecified atom stereocenters. The van der Waals surface area contributed by atoms with Crippen LogP contribution in [-0.4, -0.2) is 39.6 Å². The summed E-state index contributed by atoms with van der Waals surface area (Å²) in [4.78, 5) is 22.6. The molecule has 0 N–H and O–H groups in total. The van der Waals surface area contributed by atoms with Crippen LogP contribution in [0.2, 0.25) is 5.02 Å². The first kappa shape index (κ1) is 13.6. The highest BCUT2D eigenvalue weighted by Crippen LogP contribution is 2.23. The fraction of sp³-hybridized carbons (Fsp3) is 0.583. The van der Waals surface area contributed by atoms with Gasteiger partial charge in [-0.15, -0.1) is 0 Å². The molecule has 1 aromatic rings. The summed E-state index contributed by atoms with van der Waals surface area (Å²) in [5.74, 6) is -0.0788. The minimum atomic E-state index is -0.0788. The van der Waals surface area contributed by atoms with E-state index in [4.69, 9.17) is 11.6 Å². The van der Waals surface area contributed by atoms with Gasteiger partial charge in [-0.1, -0.05) is 23.4 Å². The van der Waals surface area contributed by atoms with E-state index in [1.165, 1.54) is 24.4 Å². The van der Waals surface area contributed by atoms with Gasteiger partial charge in [0.2, 0.25) is 0 Å². The summed E-state index contributed by atoms with van der Waals surface area (Å²) in [6, 6.07) is 0.259. The third-order valence-electron chi connectivity index (χ3n) is 3.17. The van der Waals surface area contributed by atoms with Crippen molar-refractivity contribution in [2.45, 2.75) is 37.4 Å². The second-order valence-corrected chi connectivity index (χ2v) is 5.58. The Hall–Kier alpha value is -0.810. The van der Waals surface area contributed by atoms with Crippen LogP contribution in [0, 0.1) is 0 Å². The number of hydrogen-bond donors (Lipinski definition) is 0. The van der Waals surface area contributed by atoms with E-state index in [0.29, 0.717) is 15.9 Å². The van der Waals surface area contributed by atoms with Gasteiger partial charge in [0.1, 0.15) is 0 Å². The van der Waals surface area contributed by atoms with Crippen molar-refractivity contribution in [3.05, 3.63) is 16.9 Å². The van der Waals surface area contributed by atoms with Crippen molar-refractivity contribution in [3.8, 4) is 0 Å². The maximum absolute atomic E-state index is 12.4. The highest BCUT2D eigenvalue weighted by atomic mass is 35.5. The molecule has 1 aliphatic heterocycles. The zero-order valence-corrected chi connectivity index (χ0v) is 12.1. The summed E-state index contributed by atoms with van der Waals surface area (Å²) in [7, 11) is 0. The van der Waals surface area contributed by atoms with Gasteiger partial charge in [-0.2, -0.15) is 0 Å². The predicted octanol–water partition coefficient (Wildman–Crippen LogP) is 2.87. The van der Waals surface area contributed by atoms with Crippen molar-refractivity contribution < 1.29 is 4.79 Å². The molecular weight excluding hydrogens is 270 g/mol. The van der Waals surface area contributed by atoms with Gasteiger partial charge in [0, 0.05) is 12.6 Å². The number of piperidine rings is 1. The van der Waals surface area contributed by atoms with Gasteiger partial charge in [-0.05, 0) is 32.4 Å². The molecule has 0 aliphatic carbocycles. The fourth-order valence-corrected chi connectivity index (χ4v) is 2.65. The SMILES string of the molecule is CSc1ncc(Cl)c(C(=O)N2CCCCC2C)n1. The first-order valence-corrected chi connectivity index (χ1v) is 7.61. The van der Waals surface area contributed by atoms with Crippen molar-refractivity contribution in [2.75, 3.05) is 12.8 Å². The molecule has 0 aromatic carbocycles. The Morgan fingerprint density at radius 1 is 1.56 bits per heavy atom. The Morgan fingerprint density at radius 3 is 3.00 bits per heavy atom. The smallest absolute Gasteiger partial charge is 0.274 e. The Bertz CT molecular complexity index is 455. The Morgan fingerprint density at radius 2 is 2.33 bits per heavy atom. The fourth-order valence-electron chi connectivity index (χ4n) is 2.14. The second-order valence-electron chi connectivity index (χ2n) is 4.40. The standard InChI is InChI=1S/C12H16ClN3OS/c1-8-5-3-4-6-16(8)11(17)10-9(13)7-14-12(15-10)18-2/h7-8H,3-6H2,1-2H3. The molecule has 2 heterocycles. The van der Waals surface area contributed by atoms with Crippen LogP contribution in [0.5, 0.6) is 0 Å². The van der Waals surface area contributed by atoms with E-state index in [-0.39, 0.29) is 11.9 Å². The number of aromatic nitrogens is 2. The Labute approximate surface area is 116 Å². The molecule has 18 heavy (non-hydrogen) atoms. The molecule has 0 saturated carbocycles. The number of rotatable bonds is 2. The quantitative estimate of drug-likeness (QED) is 0.619. The van der Waals surface area contributed by atoms with Gasteiger partial charge in [0.15, 0.2) is 10.9 Å². The molecule has 98 valence electrons. The maximum Gasteiger partial charge on any atom is 0.274 e. The number of carbonyl (C=O) groups excluding carboxylic acids is 1. The van der Waals surface area contributed by atoms with Crippen LogP contribution < -0.4 is 0 Å². The van der Waals surface area contributed by atoms with Gasteiger partial charge in [-0.25, -0.2) is 9.97 Å². The number of hydrogen-bond acceptors (Lipinski definition) is 4. The molecule has 4 nitrogen and oxygen atoms in total. The zero-order chi connectivity index (χ0) is 13.1. The molecule has 1 aliphatic rings. The van der Waals surface area contributed by atoms with Gasteiger partial charge in [0.05, 0.1) is 11.2 Å². The average Bonchev–Trinajstić information content (AvgIpc) is 2.39. The molecule has 0 spiro atoms. The topological polar surface area (TPSA) is 46.1 Å². The summed E-state index contributed by atoms with van der Waals surface area (Å²) in [5, 5.41) is 0.906. The molecule has 0 bridgehead atoms. The van der Waals surface area contributed by atoms with Crippen LogP contribution in [0.25, 0.3) is 0 Å². The lowest BCUT2D eigenvalue weighted by Crippen LogP contribution is -2.42. The average molecular weight is 286 g/mol. The van der Waals surface area contributed by atoms with Crippen molar-refractivity contribution >= 4 is 29.3 Å². The molecule has 1 aromatic heterocycles. The Kier molecular flexibility index (Phi) is 4.45.